The lowest BCUT2D eigenvalue weighted by Crippen LogP contribution is -2.45. The molecule has 1 aliphatic heterocycles. The fourth-order valence-corrected chi connectivity index (χ4v) is 2.56. The minimum atomic E-state index is -0.912. The highest BCUT2D eigenvalue weighted by Gasteiger charge is 2.48. The Hall–Kier alpha value is -0.610. The molecule has 104 valence electrons. The molecule has 0 bridgehead atoms. The number of hydrogen-bond acceptors (Lipinski definition) is 4. The van der Waals surface area contributed by atoms with Gasteiger partial charge in [-0.15, -0.1) is 0 Å². The molecule has 0 radical (unpaired) electrons. The van der Waals surface area contributed by atoms with Gasteiger partial charge >= 0.3 is 5.97 Å². The van der Waals surface area contributed by atoms with Crippen LogP contribution in [-0.4, -0.2) is 46.3 Å². The molecule has 1 aliphatic carbocycles. The predicted molar refractivity (Wildman–Crippen MR) is 69.2 cm³/mol. The fourth-order valence-electron chi connectivity index (χ4n) is 2.56. The van der Waals surface area contributed by atoms with Gasteiger partial charge < -0.3 is 9.84 Å². The van der Waals surface area contributed by atoms with Crippen LogP contribution in [0.5, 0.6) is 0 Å². The molecule has 0 spiro atoms. The van der Waals surface area contributed by atoms with Gasteiger partial charge in [0.2, 0.25) is 0 Å². The summed E-state index contributed by atoms with van der Waals surface area (Å²) in [5.74, 6) is -0.747. The molecule has 2 unspecified atom stereocenters. The van der Waals surface area contributed by atoms with E-state index in [-0.39, 0.29) is 5.97 Å². The molecule has 1 saturated carbocycles. The van der Waals surface area contributed by atoms with Crippen molar-refractivity contribution in [1.82, 2.24) is 4.90 Å². The molecule has 0 aromatic carbocycles. The standard InChI is InChI=1S/C14H25NO3/c1-10(12(16)18-13(2,3)4)14(17)7-8-15(9-14)11-5-6-11/h10-11,17H,5-9H2,1-4H3. The molecule has 1 saturated heterocycles. The minimum Gasteiger partial charge on any atom is -0.460 e. The number of carbonyl (C=O) groups excluding carboxylic acids is 1. The highest BCUT2D eigenvalue weighted by Crippen LogP contribution is 2.37. The first kappa shape index (κ1) is 13.8. The largest absolute Gasteiger partial charge is 0.460 e. The van der Waals surface area contributed by atoms with E-state index in [1.54, 1.807) is 6.92 Å². The molecule has 2 fully saturated rings. The first-order chi connectivity index (χ1) is 8.21. The Balaban J connectivity index is 1.95. The monoisotopic (exact) mass is 255 g/mol. The van der Waals surface area contributed by atoms with E-state index in [0.717, 1.165) is 6.54 Å². The Morgan fingerprint density at radius 3 is 2.56 bits per heavy atom. The van der Waals surface area contributed by atoms with Gasteiger partial charge in [-0.05, 0) is 47.0 Å². The highest BCUT2D eigenvalue weighted by molar-refractivity contribution is 5.74. The lowest BCUT2D eigenvalue weighted by atomic mass is 9.88. The SMILES string of the molecule is CC(C(=O)OC(C)(C)C)C1(O)CCN(C2CC2)C1. The van der Waals surface area contributed by atoms with Crippen LogP contribution in [0.4, 0.5) is 0 Å². The van der Waals surface area contributed by atoms with Crippen molar-refractivity contribution in [3.63, 3.8) is 0 Å². The van der Waals surface area contributed by atoms with Gasteiger partial charge in [0.1, 0.15) is 5.60 Å². The maximum absolute atomic E-state index is 12.0. The number of hydrogen-bond donors (Lipinski definition) is 1. The van der Waals surface area contributed by atoms with Crippen LogP contribution < -0.4 is 0 Å². The summed E-state index contributed by atoms with van der Waals surface area (Å²) in [7, 11) is 0. The molecule has 0 aromatic heterocycles. The molecule has 2 rings (SSSR count). The second-order valence-corrected chi connectivity index (χ2v) is 6.81. The van der Waals surface area contributed by atoms with Crippen molar-refractivity contribution in [3.05, 3.63) is 0 Å². The topological polar surface area (TPSA) is 49.8 Å². The first-order valence-corrected chi connectivity index (χ1v) is 6.90. The summed E-state index contributed by atoms with van der Waals surface area (Å²) in [5, 5.41) is 10.6. The summed E-state index contributed by atoms with van der Waals surface area (Å²) in [5.41, 5.74) is -1.40. The van der Waals surface area contributed by atoms with Crippen molar-refractivity contribution in [3.8, 4) is 0 Å². The van der Waals surface area contributed by atoms with E-state index in [2.05, 4.69) is 4.90 Å². The van der Waals surface area contributed by atoms with Crippen LogP contribution >= 0.6 is 0 Å². The van der Waals surface area contributed by atoms with Gasteiger partial charge in [-0.3, -0.25) is 9.69 Å². The third-order valence-corrected chi connectivity index (χ3v) is 3.94. The van der Waals surface area contributed by atoms with Crippen molar-refractivity contribution < 1.29 is 14.6 Å². The van der Waals surface area contributed by atoms with Crippen LogP contribution in [0.1, 0.15) is 47.0 Å². The van der Waals surface area contributed by atoms with Gasteiger partial charge in [0.05, 0.1) is 11.5 Å². The Morgan fingerprint density at radius 1 is 1.44 bits per heavy atom. The molecule has 4 nitrogen and oxygen atoms in total. The molecule has 0 aromatic rings. The molecular weight excluding hydrogens is 230 g/mol. The van der Waals surface area contributed by atoms with E-state index >= 15 is 0 Å². The fraction of sp³-hybridized carbons (Fsp3) is 0.929. The van der Waals surface area contributed by atoms with Gasteiger partial charge in [0, 0.05) is 19.1 Å². The summed E-state index contributed by atoms with van der Waals surface area (Å²) in [6, 6.07) is 0.643. The average molecular weight is 255 g/mol. The molecule has 1 N–H and O–H groups in total. The summed E-state index contributed by atoms with van der Waals surface area (Å²) < 4.78 is 5.37. The summed E-state index contributed by atoms with van der Waals surface area (Å²) in [4.78, 5) is 14.3. The number of β-amino-alcohol motifs (C(OH)–C–C–N with tert-alkyl or cyclic N) is 1. The van der Waals surface area contributed by atoms with Crippen LogP contribution in [0.25, 0.3) is 0 Å². The van der Waals surface area contributed by atoms with Gasteiger partial charge in [-0.25, -0.2) is 0 Å². The van der Waals surface area contributed by atoms with Crippen molar-refractivity contribution in [1.29, 1.82) is 0 Å². The maximum Gasteiger partial charge on any atom is 0.312 e. The van der Waals surface area contributed by atoms with Crippen LogP contribution in [0.15, 0.2) is 0 Å². The second kappa shape index (κ2) is 4.49. The average Bonchev–Trinajstić information content (AvgIpc) is 2.99. The van der Waals surface area contributed by atoms with Crippen LogP contribution in [0, 0.1) is 5.92 Å². The third-order valence-electron chi connectivity index (χ3n) is 3.94. The van der Waals surface area contributed by atoms with Gasteiger partial charge in [-0.2, -0.15) is 0 Å². The Kier molecular flexibility index (Phi) is 3.45. The molecule has 1 heterocycles. The van der Waals surface area contributed by atoms with E-state index in [1.807, 2.05) is 20.8 Å². The lowest BCUT2D eigenvalue weighted by molar-refractivity contribution is -0.168. The zero-order valence-corrected chi connectivity index (χ0v) is 11.9. The second-order valence-electron chi connectivity index (χ2n) is 6.81. The zero-order chi connectivity index (χ0) is 13.6. The summed E-state index contributed by atoms with van der Waals surface area (Å²) >= 11 is 0. The maximum atomic E-state index is 12.0. The van der Waals surface area contributed by atoms with E-state index in [9.17, 15) is 9.90 Å². The van der Waals surface area contributed by atoms with E-state index < -0.39 is 17.1 Å². The smallest absolute Gasteiger partial charge is 0.312 e. The lowest BCUT2D eigenvalue weighted by Gasteiger charge is -2.31. The van der Waals surface area contributed by atoms with Crippen molar-refractivity contribution in [2.45, 2.75) is 64.2 Å². The quantitative estimate of drug-likeness (QED) is 0.778. The first-order valence-electron chi connectivity index (χ1n) is 6.90. The number of ether oxygens (including phenoxy) is 1. The summed E-state index contributed by atoms with van der Waals surface area (Å²) in [6.45, 7) is 8.85. The van der Waals surface area contributed by atoms with Crippen molar-refractivity contribution in [2.24, 2.45) is 5.92 Å². The van der Waals surface area contributed by atoms with Gasteiger partial charge in [-0.1, -0.05) is 0 Å². The molecular formula is C14H25NO3. The van der Waals surface area contributed by atoms with Crippen molar-refractivity contribution in [2.75, 3.05) is 13.1 Å². The highest BCUT2D eigenvalue weighted by atomic mass is 16.6. The van der Waals surface area contributed by atoms with E-state index in [4.69, 9.17) is 4.74 Å². The molecule has 2 aliphatic rings. The van der Waals surface area contributed by atoms with E-state index in [0.29, 0.717) is 19.0 Å². The van der Waals surface area contributed by atoms with Gasteiger partial charge in [0.15, 0.2) is 0 Å². The summed E-state index contributed by atoms with van der Waals surface area (Å²) in [6.07, 6.45) is 3.14. The number of rotatable bonds is 3. The number of likely N-dealkylation sites (tertiary alicyclic amines) is 1. The zero-order valence-electron chi connectivity index (χ0n) is 11.9. The minimum absolute atomic E-state index is 0.289. The Labute approximate surface area is 109 Å². The van der Waals surface area contributed by atoms with Crippen LogP contribution in [0.3, 0.4) is 0 Å². The predicted octanol–water partition coefficient (Wildman–Crippen LogP) is 1.56. The van der Waals surface area contributed by atoms with E-state index in [1.165, 1.54) is 12.8 Å². The Morgan fingerprint density at radius 2 is 2.06 bits per heavy atom. The molecule has 18 heavy (non-hydrogen) atoms. The van der Waals surface area contributed by atoms with Crippen LogP contribution in [0.2, 0.25) is 0 Å². The molecule has 2 atom stereocenters. The Bertz CT molecular complexity index is 332. The number of esters is 1. The van der Waals surface area contributed by atoms with Gasteiger partial charge in [0.25, 0.3) is 0 Å². The number of nitrogens with zero attached hydrogens (tertiary/aromatic N) is 1. The van der Waals surface area contributed by atoms with Crippen molar-refractivity contribution >= 4 is 5.97 Å². The third kappa shape index (κ3) is 3.04. The van der Waals surface area contributed by atoms with Crippen LogP contribution in [-0.2, 0) is 9.53 Å². The normalized spacial score (nSPS) is 31.4. The number of carbonyl (C=O) groups is 1. The molecule has 4 heteroatoms. The number of aliphatic hydroxyl groups is 1. The molecule has 0 amide bonds.